The highest BCUT2D eigenvalue weighted by Gasteiger charge is 2.42. The molecule has 3 N–H and O–H groups in total. The lowest BCUT2D eigenvalue weighted by molar-refractivity contribution is -0.149. The minimum absolute atomic E-state index is 0.00821. The Kier molecular flexibility index (Phi) is 11.0. The van der Waals surface area contributed by atoms with Crippen molar-refractivity contribution in [2.75, 3.05) is 23.4 Å². The van der Waals surface area contributed by atoms with Gasteiger partial charge in [-0.3, -0.25) is 19.2 Å². The lowest BCUT2D eigenvalue weighted by Gasteiger charge is -2.35. The normalized spacial score (nSPS) is 15.5. The molecular weight excluding hydrogens is 650 g/mol. The van der Waals surface area contributed by atoms with Gasteiger partial charge in [0.05, 0.1) is 48.3 Å². The Labute approximate surface area is 287 Å². The van der Waals surface area contributed by atoms with E-state index in [1.165, 1.54) is 29.2 Å². The fraction of sp³-hybridized carbons (Fsp3) is 0.400. The Bertz CT molecular complexity index is 1890. The van der Waals surface area contributed by atoms with E-state index in [2.05, 4.69) is 10.3 Å². The number of morpholine rings is 1. The van der Waals surface area contributed by atoms with Crippen LogP contribution in [0.4, 0.5) is 21.0 Å². The van der Waals surface area contributed by atoms with E-state index in [0.29, 0.717) is 21.5 Å². The summed E-state index contributed by atoms with van der Waals surface area (Å²) in [4.78, 5) is 82.3. The van der Waals surface area contributed by atoms with Gasteiger partial charge in [0.2, 0.25) is 11.5 Å². The van der Waals surface area contributed by atoms with Gasteiger partial charge in [0.15, 0.2) is 0 Å². The number of imide groups is 1. The van der Waals surface area contributed by atoms with Crippen LogP contribution in [0, 0.1) is 17.2 Å². The van der Waals surface area contributed by atoms with Crippen molar-refractivity contribution in [3.05, 3.63) is 70.0 Å². The number of carboxylic acids is 1. The summed E-state index contributed by atoms with van der Waals surface area (Å²) in [5, 5.41) is 22.7. The quantitative estimate of drug-likeness (QED) is 0.299. The Hall–Kier alpha value is -5.75. The van der Waals surface area contributed by atoms with E-state index >= 15 is 0 Å². The number of nitriles is 1. The Morgan fingerprint density at radius 1 is 1.04 bits per heavy atom. The number of H-pyrrole nitrogens is 1. The number of amides is 4. The number of nitrogens with zero attached hydrogens (tertiary/aromatic N) is 3. The summed E-state index contributed by atoms with van der Waals surface area (Å²) in [6, 6.07) is 14.0. The second-order valence-corrected chi connectivity index (χ2v) is 13.6. The van der Waals surface area contributed by atoms with Crippen molar-refractivity contribution in [1.82, 2.24) is 9.88 Å². The lowest BCUT2D eigenvalue weighted by Crippen LogP contribution is -2.53. The van der Waals surface area contributed by atoms with Gasteiger partial charge < -0.3 is 34.5 Å². The van der Waals surface area contributed by atoms with Gasteiger partial charge in [-0.1, -0.05) is 6.07 Å². The highest BCUT2D eigenvalue weighted by Crippen LogP contribution is 2.30. The van der Waals surface area contributed by atoms with Crippen LogP contribution in [0.1, 0.15) is 59.1 Å². The van der Waals surface area contributed by atoms with Crippen molar-refractivity contribution in [2.24, 2.45) is 5.92 Å². The topological polar surface area (TPSA) is 208 Å². The largest absolute Gasteiger partial charge is 0.481 e. The summed E-state index contributed by atoms with van der Waals surface area (Å²) in [6.45, 7) is 9.34. The molecular formula is C35H39N5O10. The first-order valence-corrected chi connectivity index (χ1v) is 15.7. The van der Waals surface area contributed by atoms with Crippen LogP contribution in [0.15, 0.2) is 53.3 Å². The number of anilines is 2. The highest BCUT2D eigenvalue weighted by atomic mass is 16.6. The Morgan fingerprint density at radius 3 is 2.30 bits per heavy atom. The molecule has 1 saturated heterocycles. The number of aromatic nitrogens is 1. The van der Waals surface area contributed by atoms with Crippen LogP contribution in [0.5, 0.6) is 0 Å². The third-order valence-corrected chi connectivity index (χ3v) is 7.30. The lowest BCUT2D eigenvalue weighted by atomic mass is 9.94. The van der Waals surface area contributed by atoms with Crippen molar-refractivity contribution in [3.63, 3.8) is 0 Å². The average molecular weight is 690 g/mol. The molecule has 4 amide bonds. The molecule has 2 atom stereocenters. The number of fused-ring (bicyclic) bond motifs is 1. The molecule has 1 aliphatic rings. The summed E-state index contributed by atoms with van der Waals surface area (Å²) in [6.07, 6.45) is -4.29. The van der Waals surface area contributed by atoms with Crippen molar-refractivity contribution >= 4 is 52.2 Å². The molecule has 0 unspecified atom stereocenters. The van der Waals surface area contributed by atoms with E-state index < -0.39 is 66.2 Å². The van der Waals surface area contributed by atoms with Crippen molar-refractivity contribution < 1.29 is 43.3 Å². The third-order valence-electron chi connectivity index (χ3n) is 7.30. The van der Waals surface area contributed by atoms with Crippen LogP contribution in [-0.4, -0.2) is 75.4 Å². The molecule has 4 rings (SSSR count). The van der Waals surface area contributed by atoms with Gasteiger partial charge in [0.25, 0.3) is 5.91 Å². The number of carboxylic acid groups (broad SMARTS) is 1. The van der Waals surface area contributed by atoms with Crippen molar-refractivity contribution in [1.29, 1.82) is 5.26 Å². The van der Waals surface area contributed by atoms with E-state index in [0.717, 1.165) is 0 Å². The summed E-state index contributed by atoms with van der Waals surface area (Å²) in [5.74, 6) is -4.35. The zero-order valence-corrected chi connectivity index (χ0v) is 28.6. The molecule has 15 nitrogen and oxygen atoms in total. The van der Waals surface area contributed by atoms with E-state index in [-0.39, 0.29) is 35.5 Å². The number of carbonyl (C=O) groups is 5. The minimum atomic E-state index is -1.49. The maximum Gasteiger partial charge on any atom is 0.420 e. The third kappa shape index (κ3) is 9.23. The number of aliphatic carboxylic acids is 1. The second kappa shape index (κ2) is 14.8. The molecule has 264 valence electrons. The minimum Gasteiger partial charge on any atom is -0.481 e. The molecule has 2 aromatic carbocycles. The number of benzene rings is 2. The van der Waals surface area contributed by atoms with Gasteiger partial charge in [-0.25, -0.2) is 14.5 Å². The molecule has 0 bridgehead atoms. The zero-order chi connectivity index (χ0) is 37.0. The molecule has 15 heteroatoms. The summed E-state index contributed by atoms with van der Waals surface area (Å²) in [7, 11) is 0. The zero-order valence-electron chi connectivity index (χ0n) is 28.6. The van der Waals surface area contributed by atoms with Crippen molar-refractivity contribution in [2.45, 2.75) is 71.8 Å². The average Bonchev–Trinajstić information content (AvgIpc) is 3.00. The number of hydrogen-bond donors (Lipinski definition) is 3. The van der Waals surface area contributed by atoms with Crippen LogP contribution in [0.25, 0.3) is 10.9 Å². The van der Waals surface area contributed by atoms with Crippen LogP contribution < -0.4 is 15.8 Å². The maximum atomic E-state index is 13.8. The van der Waals surface area contributed by atoms with Crippen LogP contribution >= 0.6 is 0 Å². The number of ether oxygens (including phenoxy) is 3. The van der Waals surface area contributed by atoms with Gasteiger partial charge in [-0.15, -0.1) is 0 Å². The SMILES string of the molecule is CC(C)(C)OC(=O)N(Cc1cc(NC(=O)[C@H](CC(=O)O)[C@H]2OCCN(c3cccc4[nH]c(=O)ccc34)C2=O)ccc1C#N)C(=O)OC(C)(C)C. The molecule has 0 saturated carbocycles. The van der Waals surface area contributed by atoms with Crippen LogP contribution in [-0.2, 0) is 35.1 Å². The Morgan fingerprint density at radius 2 is 1.70 bits per heavy atom. The molecule has 0 aliphatic carbocycles. The molecule has 0 spiro atoms. The van der Waals surface area contributed by atoms with Crippen LogP contribution in [0.2, 0.25) is 0 Å². The summed E-state index contributed by atoms with van der Waals surface area (Å²) < 4.78 is 16.5. The molecule has 0 radical (unpaired) electrons. The number of nitrogens with one attached hydrogen (secondary N) is 2. The second-order valence-electron chi connectivity index (χ2n) is 13.6. The van der Waals surface area contributed by atoms with E-state index in [1.54, 1.807) is 65.8 Å². The number of rotatable bonds is 8. The fourth-order valence-corrected chi connectivity index (χ4v) is 5.22. The first-order valence-electron chi connectivity index (χ1n) is 15.7. The first kappa shape index (κ1) is 37.1. The van der Waals surface area contributed by atoms with Gasteiger partial charge >= 0.3 is 18.2 Å². The van der Waals surface area contributed by atoms with Crippen LogP contribution in [0.3, 0.4) is 0 Å². The number of carbonyl (C=O) groups excluding carboxylic acids is 4. The van der Waals surface area contributed by atoms with Crippen molar-refractivity contribution in [3.8, 4) is 6.07 Å². The van der Waals surface area contributed by atoms with E-state index in [9.17, 15) is 39.1 Å². The maximum absolute atomic E-state index is 13.8. The molecule has 50 heavy (non-hydrogen) atoms. The van der Waals surface area contributed by atoms with Gasteiger partial charge in [-0.2, -0.15) is 5.26 Å². The van der Waals surface area contributed by atoms with Gasteiger partial charge in [0, 0.05) is 23.7 Å². The standard InChI is InChI=1S/C35H39N5O10/c1-34(2,3)49-32(46)40(33(47)50-35(4,5)6)19-21-16-22(11-10-20(21)18-36)37-30(44)24(17-28(42)43)29-31(45)39(14-15-48-29)26-9-7-8-25-23(26)12-13-27(41)38-25/h7-13,16,24,29H,14-15,17,19H2,1-6H3,(H,37,44)(H,38,41)(H,42,43)/t24-,29-/m1/s1. The smallest absolute Gasteiger partial charge is 0.420 e. The molecule has 1 fully saturated rings. The van der Waals surface area contributed by atoms with Gasteiger partial charge in [0.1, 0.15) is 17.3 Å². The molecule has 1 aliphatic heterocycles. The number of hydrogen-bond acceptors (Lipinski definition) is 10. The summed E-state index contributed by atoms with van der Waals surface area (Å²) >= 11 is 0. The predicted molar refractivity (Wildman–Crippen MR) is 180 cm³/mol. The predicted octanol–water partition coefficient (Wildman–Crippen LogP) is 4.53. The fourth-order valence-electron chi connectivity index (χ4n) is 5.22. The van der Waals surface area contributed by atoms with E-state index in [1.807, 2.05) is 6.07 Å². The number of pyridine rings is 1. The molecule has 1 aromatic heterocycles. The monoisotopic (exact) mass is 689 g/mol. The number of aromatic amines is 1. The summed E-state index contributed by atoms with van der Waals surface area (Å²) in [5.41, 5.74) is -1.03. The highest BCUT2D eigenvalue weighted by molar-refractivity contribution is 6.07. The molecule has 2 heterocycles. The molecule has 3 aromatic rings. The Balaban J connectivity index is 1.63. The van der Waals surface area contributed by atoms with E-state index in [4.69, 9.17) is 14.2 Å². The van der Waals surface area contributed by atoms with Gasteiger partial charge in [-0.05, 0) is 83.5 Å². The first-order chi connectivity index (χ1) is 23.4.